The number of piperidine rings is 1. The SMILES string of the molecule is COC(=O)c1ccc(N)c(N2CCCC(C(N)=O)C2)n1. The van der Waals surface area contributed by atoms with Crippen molar-refractivity contribution in [3.8, 4) is 0 Å². The van der Waals surface area contributed by atoms with Gasteiger partial charge in [0.1, 0.15) is 0 Å². The summed E-state index contributed by atoms with van der Waals surface area (Å²) in [5, 5.41) is 0. The molecule has 2 heterocycles. The number of methoxy groups -OCH3 is 1. The molecule has 1 aliphatic rings. The van der Waals surface area contributed by atoms with E-state index in [0.29, 0.717) is 18.1 Å². The Bertz CT molecular complexity index is 532. The molecular formula is C13H18N4O3. The lowest BCUT2D eigenvalue weighted by molar-refractivity contribution is -0.122. The van der Waals surface area contributed by atoms with Gasteiger partial charge in [-0.05, 0) is 25.0 Å². The largest absolute Gasteiger partial charge is 0.464 e. The standard InChI is InChI=1S/C13H18N4O3/c1-20-13(19)10-5-4-9(14)12(16-10)17-6-2-3-8(7-17)11(15)18/h4-5,8H,2-3,6-7,14H2,1H3,(H2,15,18). The van der Waals surface area contributed by atoms with Crippen molar-refractivity contribution in [2.75, 3.05) is 30.8 Å². The highest BCUT2D eigenvalue weighted by molar-refractivity contribution is 5.88. The summed E-state index contributed by atoms with van der Waals surface area (Å²) in [6, 6.07) is 3.13. The van der Waals surface area contributed by atoms with E-state index >= 15 is 0 Å². The molecule has 20 heavy (non-hydrogen) atoms. The van der Waals surface area contributed by atoms with Crippen LogP contribution in [0.25, 0.3) is 0 Å². The molecule has 1 fully saturated rings. The van der Waals surface area contributed by atoms with Gasteiger partial charge in [-0.25, -0.2) is 9.78 Å². The number of nitrogen functional groups attached to an aromatic ring is 1. The van der Waals surface area contributed by atoms with Gasteiger partial charge in [0, 0.05) is 13.1 Å². The number of aromatic nitrogens is 1. The van der Waals surface area contributed by atoms with Crippen molar-refractivity contribution in [3.63, 3.8) is 0 Å². The Morgan fingerprint density at radius 2 is 2.20 bits per heavy atom. The van der Waals surface area contributed by atoms with Gasteiger partial charge in [0.05, 0.1) is 18.7 Å². The number of carbonyl (C=O) groups excluding carboxylic acids is 2. The van der Waals surface area contributed by atoms with Crippen LogP contribution in [0.5, 0.6) is 0 Å². The normalized spacial score (nSPS) is 18.6. The van der Waals surface area contributed by atoms with Crippen LogP contribution in [0.15, 0.2) is 12.1 Å². The zero-order valence-corrected chi connectivity index (χ0v) is 11.3. The van der Waals surface area contributed by atoms with E-state index in [1.54, 1.807) is 6.07 Å². The molecule has 1 aromatic heterocycles. The van der Waals surface area contributed by atoms with E-state index in [9.17, 15) is 9.59 Å². The molecule has 0 bridgehead atoms. The number of anilines is 2. The smallest absolute Gasteiger partial charge is 0.356 e. The first-order valence-corrected chi connectivity index (χ1v) is 6.42. The van der Waals surface area contributed by atoms with Crippen LogP contribution in [0.3, 0.4) is 0 Å². The van der Waals surface area contributed by atoms with E-state index in [2.05, 4.69) is 9.72 Å². The fraction of sp³-hybridized carbons (Fsp3) is 0.462. The van der Waals surface area contributed by atoms with Gasteiger partial charge < -0.3 is 21.1 Å². The van der Waals surface area contributed by atoms with Crippen LogP contribution in [0.2, 0.25) is 0 Å². The van der Waals surface area contributed by atoms with Crippen molar-refractivity contribution in [2.24, 2.45) is 11.7 Å². The summed E-state index contributed by atoms with van der Waals surface area (Å²) in [7, 11) is 1.30. The molecule has 0 saturated carbocycles. The minimum Gasteiger partial charge on any atom is -0.464 e. The lowest BCUT2D eigenvalue weighted by atomic mass is 9.97. The molecule has 0 aromatic carbocycles. The molecule has 1 atom stereocenters. The molecule has 7 heteroatoms. The van der Waals surface area contributed by atoms with Crippen LogP contribution in [0, 0.1) is 5.92 Å². The van der Waals surface area contributed by atoms with E-state index in [-0.39, 0.29) is 17.5 Å². The number of hydrogen-bond donors (Lipinski definition) is 2. The van der Waals surface area contributed by atoms with Gasteiger partial charge >= 0.3 is 5.97 Å². The van der Waals surface area contributed by atoms with Crippen LogP contribution in [-0.4, -0.2) is 37.1 Å². The summed E-state index contributed by atoms with van der Waals surface area (Å²) in [4.78, 5) is 28.9. The number of ether oxygens (including phenoxy) is 1. The Balaban J connectivity index is 2.27. The maximum Gasteiger partial charge on any atom is 0.356 e. The summed E-state index contributed by atoms with van der Waals surface area (Å²) in [6.45, 7) is 1.20. The molecule has 1 saturated heterocycles. The number of hydrogen-bond acceptors (Lipinski definition) is 6. The molecule has 108 valence electrons. The second kappa shape index (κ2) is 5.77. The minimum absolute atomic E-state index is 0.192. The number of amides is 1. The third kappa shape index (κ3) is 2.81. The van der Waals surface area contributed by atoms with Crippen LogP contribution >= 0.6 is 0 Å². The molecular weight excluding hydrogens is 260 g/mol. The van der Waals surface area contributed by atoms with Gasteiger partial charge in [0.2, 0.25) is 5.91 Å². The fourth-order valence-electron chi connectivity index (χ4n) is 2.33. The van der Waals surface area contributed by atoms with Crippen LogP contribution in [0.4, 0.5) is 11.5 Å². The summed E-state index contributed by atoms with van der Waals surface area (Å²) >= 11 is 0. The monoisotopic (exact) mass is 278 g/mol. The quantitative estimate of drug-likeness (QED) is 0.761. The highest BCUT2D eigenvalue weighted by atomic mass is 16.5. The van der Waals surface area contributed by atoms with E-state index in [4.69, 9.17) is 11.5 Å². The molecule has 1 amide bonds. The summed E-state index contributed by atoms with van der Waals surface area (Å²) in [5.41, 5.74) is 11.9. The molecule has 0 radical (unpaired) electrons. The van der Waals surface area contributed by atoms with Crippen molar-refractivity contribution in [3.05, 3.63) is 17.8 Å². The van der Waals surface area contributed by atoms with Gasteiger partial charge in [-0.3, -0.25) is 4.79 Å². The highest BCUT2D eigenvalue weighted by Gasteiger charge is 2.26. The van der Waals surface area contributed by atoms with E-state index in [0.717, 1.165) is 19.4 Å². The molecule has 2 rings (SSSR count). The highest BCUT2D eigenvalue weighted by Crippen LogP contribution is 2.26. The fourth-order valence-corrected chi connectivity index (χ4v) is 2.33. The maximum absolute atomic E-state index is 11.5. The topological polar surface area (TPSA) is 112 Å². The minimum atomic E-state index is -0.519. The first-order valence-electron chi connectivity index (χ1n) is 6.42. The number of nitrogens with two attached hydrogens (primary N) is 2. The lowest BCUT2D eigenvalue weighted by Crippen LogP contribution is -2.42. The number of pyridine rings is 1. The van der Waals surface area contributed by atoms with Gasteiger partial charge in [0.25, 0.3) is 0 Å². The Morgan fingerprint density at radius 1 is 1.45 bits per heavy atom. The Hall–Kier alpha value is -2.31. The third-order valence-corrected chi connectivity index (χ3v) is 3.42. The Kier molecular flexibility index (Phi) is 4.07. The van der Waals surface area contributed by atoms with Crippen LogP contribution in [0.1, 0.15) is 23.3 Å². The average molecular weight is 278 g/mol. The summed E-state index contributed by atoms with van der Waals surface area (Å²) in [5.74, 6) is -0.558. The third-order valence-electron chi connectivity index (χ3n) is 3.42. The number of primary amides is 1. The first kappa shape index (κ1) is 14.1. The number of esters is 1. The second-order valence-electron chi connectivity index (χ2n) is 4.79. The molecule has 0 spiro atoms. The van der Waals surface area contributed by atoms with Gasteiger partial charge in [-0.15, -0.1) is 0 Å². The Morgan fingerprint density at radius 3 is 2.85 bits per heavy atom. The predicted molar refractivity (Wildman–Crippen MR) is 74.1 cm³/mol. The van der Waals surface area contributed by atoms with E-state index in [1.807, 2.05) is 4.90 Å². The van der Waals surface area contributed by atoms with E-state index < -0.39 is 5.97 Å². The maximum atomic E-state index is 11.5. The van der Waals surface area contributed by atoms with E-state index in [1.165, 1.54) is 13.2 Å². The number of carbonyl (C=O) groups is 2. The molecule has 1 aliphatic heterocycles. The molecule has 1 unspecified atom stereocenters. The van der Waals surface area contributed by atoms with Gasteiger partial charge in [-0.1, -0.05) is 0 Å². The predicted octanol–water partition coefficient (Wildman–Crippen LogP) is 0.152. The molecule has 1 aromatic rings. The number of nitrogens with zero attached hydrogens (tertiary/aromatic N) is 2. The second-order valence-corrected chi connectivity index (χ2v) is 4.79. The molecule has 0 aliphatic carbocycles. The van der Waals surface area contributed by atoms with Crippen molar-refractivity contribution < 1.29 is 14.3 Å². The zero-order chi connectivity index (χ0) is 14.7. The molecule has 7 nitrogen and oxygen atoms in total. The summed E-state index contributed by atoms with van der Waals surface area (Å²) in [6.07, 6.45) is 1.60. The zero-order valence-electron chi connectivity index (χ0n) is 11.3. The van der Waals surface area contributed by atoms with Gasteiger partial charge in [0.15, 0.2) is 11.5 Å². The summed E-state index contributed by atoms with van der Waals surface area (Å²) < 4.78 is 4.64. The van der Waals surface area contributed by atoms with Crippen molar-refractivity contribution in [1.29, 1.82) is 0 Å². The molecule has 4 N–H and O–H groups in total. The van der Waals surface area contributed by atoms with Crippen LogP contribution in [-0.2, 0) is 9.53 Å². The first-order chi connectivity index (χ1) is 9.52. The lowest BCUT2D eigenvalue weighted by Gasteiger charge is -2.32. The van der Waals surface area contributed by atoms with Crippen molar-refractivity contribution >= 4 is 23.4 Å². The average Bonchev–Trinajstić information content (AvgIpc) is 2.47. The van der Waals surface area contributed by atoms with Gasteiger partial charge in [-0.2, -0.15) is 0 Å². The van der Waals surface area contributed by atoms with Crippen LogP contribution < -0.4 is 16.4 Å². The number of rotatable bonds is 3. The van der Waals surface area contributed by atoms with Crippen molar-refractivity contribution in [2.45, 2.75) is 12.8 Å². The van der Waals surface area contributed by atoms with Crippen molar-refractivity contribution in [1.82, 2.24) is 4.98 Å². The Labute approximate surface area is 116 Å².